The quantitative estimate of drug-likeness (QED) is 0.782. The maximum absolute atomic E-state index is 12.2. The summed E-state index contributed by atoms with van der Waals surface area (Å²) in [6.07, 6.45) is 0.715. The maximum Gasteiger partial charge on any atom is 0.344 e. The molecule has 1 aromatic heterocycles. The number of esters is 1. The third-order valence-electron chi connectivity index (χ3n) is 3.61. The highest BCUT2D eigenvalue weighted by atomic mass is 16.5. The van der Waals surface area contributed by atoms with Gasteiger partial charge in [0.2, 0.25) is 0 Å². The minimum Gasteiger partial charge on any atom is -0.463 e. The lowest BCUT2D eigenvalue weighted by atomic mass is 9.91. The second-order valence-corrected chi connectivity index (χ2v) is 5.92. The molecule has 0 aliphatic rings. The van der Waals surface area contributed by atoms with Crippen LogP contribution in [0.4, 0.5) is 4.79 Å². The van der Waals surface area contributed by atoms with Crippen LogP contribution in [-0.2, 0) is 9.53 Å². The summed E-state index contributed by atoms with van der Waals surface area (Å²) in [4.78, 5) is 25.5. The topological polar surface area (TPSA) is 64.4 Å². The molecule has 0 saturated heterocycles. The molecular weight excluding hydrogens is 270 g/mol. The van der Waals surface area contributed by atoms with Gasteiger partial charge in [-0.1, -0.05) is 6.92 Å². The summed E-state index contributed by atoms with van der Waals surface area (Å²) in [5.41, 5.74) is 1.09. The van der Waals surface area contributed by atoms with E-state index < -0.39 is 5.41 Å². The fourth-order valence-electron chi connectivity index (χ4n) is 1.69. The van der Waals surface area contributed by atoms with Gasteiger partial charge in [-0.05, 0) is 40.2 Å². The van der Waals surface area contributed by atoms with Crippen LogP contribution in [-0.4, -0.2) is 46.9 Å². The van der Waals surface area contributed by atoms with Crippen molar-refractivity contribution in [3.63, 3.8) is 0 Å². The van der Waals surface area contributed by atoms with E-state index in [0.29, 0.717) is 13.0 Å². The van der Waals surface area contributed by atoms with E-state index in [9.17, 15) is 9.59 Å². The van der Waals surface area contributed by atoms with Crippen molar-refractivity contribution in [1.29, 1.82) is 0 Å². The molecule has 0 unspecified atom stereocenters. The summed E-state index contributed by atoms with van der Waals surface area (Å²) < 4.78 is 6.58. The van der Waals surface area contributed by atoms with Crippen LogP contribution in [0.25, 0.3) is 0 Å². The third-order valence-corrected chi connectivity index (χ3v) is 3.61. The summed E-state index contributed by atoms with van der Waals surface area (Å²) >= 11 is 0. The van der Waals surface area contributed by atoms with E-state index in [1.54, 1.807) is 7.05 Å². The van der Waals surface area contributed by atoms with Gasteiger partial charge in [-0.2, -0.15) is 9.78 Å². The number of hydrogen-bond donors (Lipinski definition) is 0. The first-order valence-corrected chi connectivity index (χ1v) is 7.15. The predicted molar refractivity (Wildman–Crippen MR) is 80.2 cm³/mol. The molecule has 0 radical (unpaired) electrons. The molecule has 6 heteroatoms. The van der Waals surface area contributed by atoms with Crippen molar-refractivity contribution in [2.45, 2.75) is 41.0 Å². The number of nitrogens with zero attached hydrogens (tertiary/aromatic N) is 3. The van der Waals surface area contributed by atoms with Crippen LogP contribution in [0.2, 0.25) is 0 Å². The Bertz CT molecular complexity index is 520. The van der Waals surface area contributed by atoms with Crippen molar-refractivity contribution in [1.82, 2.24) is 14.7 Å². The number of likely N-dealkylation sites (N-methyl/N-ethyl adjacent to an activating group) is 1. The second-order valence-electron chi connectivity index (χ2n) is 5.92. The fraction of sp³-hybridized carbons (Fsp3) is 0.667. The Balaban J connectivity index is 2.51. The summed E-state index contributed by atoms with van der Waals surface area (Å²) in [6, 6.07) is 1.61. The molecule has 6 nitrogen and oxygen atoms in total. The van der Waals surface area contributed by atoms with Crippen molar-refractivity contribution >= 4 is 12.0 Å². The molecule has 1 amide bonds. The molecule has 0 N–H and O–H groups in total. The van der Waals surface area contributed by atoms with Gasteiger partial charge >= 0.3 is 12.0 Å². The summed E-state index contributed by atoms with van der Waals surface area (Å²) in [6.45, 7) is 9.83. The highest BCUT2D eigenvalue weighted by molar-refractivity contribution is 5.77. The first-order chi connectivity index (χ1) is 9.69. The number of aryl methyl sites for hydroxylation is 2. The molecule has 0 aliphatic carbocycles. The average molecular weight is 295 g/mol. The van der Waals surface area contributed by atoms with Gasteiger partial charge in [0.05, 0.1) is 17.7 Å². The summed E-state index contributed by atoms with van der Waals surface area (Å²) in [5, 5.41) is 4.14. The van der Waals surface area contributed by atoms with Gasteiger partial charge in [-0.25, -0.2) is 4.79 Å². The van der Waals surface area contributed by atoms with Crippen molar-refractivity contribution in [2.24, 2.45) is 5.41 Å². The molecule has 0 spiro atoms. The van der Waals surface area contributed by atoms with Gasteiger partial charge in [0.15, 0.2) is 0 Å². The molecule has 1 rings (SSSR count). The Hall–Kier alpha value is -1.85. The number of aromatic nitrogens is 2. The molecular formula is C15H25N3O3. The zero-order valence-corrected chi connectivity index (χ0v) is 13.8. The van der Waals surface area contributed by atoms with Gasteiger partial charge in [0.25, 0.3) is 0 Å². The van der Waals surface area contributed by atoms with Crippen molar-refractivity contribution in [2.75, 3.05) is 20.2 Å². The highest BCUT2D eigenvalue weighted by Gasteiger charge is 2.27. The van der Waals surface area contributed by atoms with Crippen LogP contribution in [0.3, 0.4) is 0 Å². The van der Waals surface area contributed by atoms with Gasteiger partial charge < -0.3 is 9.64 Å². The van der Waals surface area contributed by atoms with E-state index in [1.807, 2.05) is 40.7 Å². The molecule has 0 bridgehead atoms. The standard InChI is InChI=1S/C15H25N3O3/c1-7-15(4,5)13(19)21-9-8-17(6)14(20)18-12(3)10-11(2)16-18/h10H,7-9H2,1-6H3. The van der Waals surface area contributed by atoms with Gasteiger partial charge in [-0.15, -0.1) is 0 Å². The molecule has 21 heavy (non-hydrogen) atoms. The lowest BCUT2D eigenvalue weighted by Crippen LogP contribution is -2.36. The Labute approximate surface area is 126 Å². The average Bonchev–Trinajstić information content (AvgIpc) is 2.76. The zero-order chi connectivity index (χ0) is 16.2. The Morgan fingerprint density at radius 1 is 1.38 bits per heavy atom. The first kappa shape index (κ1) is 17.2. The Kier molecular flexibility index (Phi) is 5.52. The van der Waals surface area contributed by atoms with Crippen LogP contribution in [0.15, 0.2) is 6.07 Å². The molecule has 0 saturated carbocycles. The minimum atomic E-state index is -0.488. The van der Waals surface area contributed by atoms with Crippen LogP contribution < -0.4 is 0 Å². The van der Waals surface area contributed by atoms with E-state index in [0.717, 1.165) is 11.4 Å². The normalized spacial score (nSPS) is 11.3. The SMILES string of the molecule is CCC(C)(C)C(=O)OCCN(C)C(=O)n1nc(C)cc1C. The summed E-state index contributed by atoms with van der Waals surface area (Å²) in [5.74, 6) is -0.239. The Morgan fingerprint density at radius 2 is 2.00 bits per heavy atom. The number of amides is 1. The maximum atomic E-state index is 12.2. The van der Waals surface area contributed by atoms with Crippen LogP contribution >= 0.6 is 0 Å². The number of hydrogen-bond acceptors (Lipinski definition) is 4. The molecule has 0 fully saturated rings. The number of ether oxygens (including phenoxy) is 1. The van der Waals surface area contributed by atoms with E-state index in [2.05, 4.69) is 5.10 Å². The van der Waals surface area contributed by atoms with Gasteiger partial charge in [0, 0.05) is 12.7 Å². The first-order valence-electron chi connectivity index (χ1n) is 7.15. The van der Waals surface area contributed by atoms with Crippen molar-refractivity contribution in [3.8, 4) is 0 Å². The van der Waals surface area contributed by atoms with Gasteiger partial charge in [0.1, 0.15) is 6.61 Å². The Morgan fingerprint density at radius 3 is 2.48 bits per heavy atom. The van der Waals surface area contributed by atoms with Crippen molar-refractivity contribution in [3.05, 3.63) is 17.5 Å². The fourth-order valence-corrected chi connectivity index (χ4v) is 1.69. The molecule has 1 aromatic rings. The lowest BCUT2D eigenvalue weighted by molar-refractivity contribution is -0.154. The number of carbonyl (C=O) groups is 2. The van der Waals surface area contributed by atoms with Crippen LogP contribution in [0.5, 0.6) is 0 Å². The zero-order valence-electron chi connectivity index (χ0n) is 13.8. The van der Waals surface area contributed by atoms with Crippen molar-refractivity contribution < 1.29 is 14.3 Å². The van der Waals surface area contributed by atoms with Crippen LogP contribution in [0.1, 0.15) is 38.6 Å². The molecule has 1 heterocycles. The minimum absolute atomic E-state index is 0.184. The van der Waals surface area contributed by atoms with E-state index >= 15 is 0 Å². The monoisotopic (exact) mass is 295 g/mol. The predicted octanol–water partition coefficient (Wildman–Crippen LogP) is 2.38. The third kappa shape index (κ3) is 4.31. The second kappa shape index (κ2) is 6.74. The number of carbonyl (C=O) groups excluding carboxylic acids is 2. The lowest BCUT2D eigenvalue weighted by Gasteiger charge is -2.22. The molecule has 118 valence electrons. The van der Waals surface area contributed by atoms with E-state index in [-0.39, 0.29) is 18.6 Å². The highest BCUT2D eigenvalue weighted by Crippen LogP contribution is 2.21. The van der Waals surface area contributed by atoms with Crippen LogP contribution in [0, 0.1) is 19.3 Å². The van der Waals surface area contributed by atoms with E-state index in [4.69, 9.17) is 4.74 Å². The molecule has 0 atom stereocenters. The number of rotatable bonds is 5. The van der Waals surface area contributed by atoms with Gasteiger partial charge in [-0.3, -0.25) is 4.79 Å². The molecule has 0 aromatic carbocycles. The molecule has 0 aliphatic heterocycles. The smallest absolute Gasteiger partial charge is 0.344 e. The van der Waals surface area contributed by atoms with E-state index in [1.165, 1.54) is 9.58 Å². The largest absolute Gasteiger partial charge is 0.463 e. The summed E-state index contributed by atoms with van der Waals surface area (Å²) in [7, 11) is 1.66.